The number of imidazole rings is 1. The van der Waals surface area contributed by atoms with Crippen molar-refractivity contribution in [3.8, 4) is 0 Å². The number of aryl methyl sites for hydroxylation is 1. The second-order valence-corrected chi connectivity index (χ2v) is 8.33. The molecule has 0 fully saturated rings. The molecule has 1 aliphatic heterocycles. The van der Waals surface area contributed by atoms with E-state index >= 15 is 0 Å². The number of anilines is 2. The molecule has 166 valence electrons. The number of nitrogens with one attached hydrogen (secondary N) is 1. The molecule has 2 amide bonds. The minimum atomic E-state index is -1.80. The van der Waals surface area contributed by atoms with Crippen LogP contribution in [0.4, 0.5) is 16.4 Å². The van der Waals surface area contributed by atoms with E-state index in [1.165, 1.54) is 11.9 Å². The number of fused-ring (bicyclic) bond motifs is 2. The van der Waals surface area contributed by atoms with Crippen LogP contribution in [0.5, 0.6) is 0 Å². The van der Waals surface area contributed by atoms with Crippen molar-refractivity contribution < 1.29 is 19.8 Å². The summed E-state index contributed by atoms with van der Waals surface area (Å²) in [6.45, 7) is 1.83. The van der Waals surface area contributed by atoms with Gasteiger partial charge in [0.25, 0.3) is 5.91 Å². The number of benzene rings is 3. The molecule has 9 heteroatoms. The number of H-pyrrole nitrogens is 1. The average molecular weight is 463 g/mol. The molecular weight excluding hydrogens is 444 g/mol. The Morgan fingerprint density at radius 1 is 1.15 bits per heavy atom. The second kappa shape index (κ2) is 7.33. The van der Waals surface area contributed by atoms with Crippen molar-refractivity contribution in [2.24, 2.45) is 0 Å². The average Bonchev–Trinajstić information content (AvgIpc) is 3.33. The molecule has 0 radical (unpaired) electrons. The summed E-state index contributed by atoms with van der Waals surface area (Å²) in [6, 6.07) is 17.1. The van der Waals surface area contributed by atoms with Gasteiger partial charge in [0.1, 0.15) is 0 Å². The van der Waals surface area contributed by atoms with Crippen LogP contribution >= 0.6 is 11.6 Å². The number of halogens is 1. The molecule has 0 spiro atoms. The topological polar surface area (TPSA) is 110 Å². The van der Waals surface area contributed by atoms with Crippen LogP contribution < -0.4 is 9.80 Å². The largest absolute Gasteiger partial charge is 0.465 e. The lowest BCUT2D eigenvalue weighted by molar-refractivity contribution is 0.0704. The lowest BCUT2D eigenvalue weighted by Gasteiger charge is -2.35. The van der Waals surface area contributed by atoms with Crippen LogP contribution in [0.15, 0.2) is 60.7 Å². The summed E-state index contributed by atoms with van der Waals surface area (Å²) in [5, 5.41) is 22.0. The molecule has 3 N–H and O–H groups in total. The number of carboxylic acid groups (broad SMARTS) is 1. The summed E-state index contributed by atoms with van der Waals surface area (Å²) in [6.07, 6.45) is -1.16. The van der Waals surface area contributed by atoms with E-state index < -0.39 is 11.8 Å². The summed E-state index contributed by atoms with van der Waals surface area (Å²) in [7, 11) is 1.38. The number of carbonyl (C=O) groups excluding carboxylic acids is 1. The summed E-state index contributed by atoms with van der Waals surface area (Å²) < 4.78 is 0. The maximum Gasteiger partial charge on any atom is 0.413 e. The Kier molecular flexibility index (Phi) is 4.66. The first-order valence-electron chi connectivity index (χ1n) is 10.1. The molecule has 0 saturated carbocycles. The van der Waals surface area contributed by atoms with Gasteiger partial charge in [-0.15, -0.1) is 0 Å². The van der Waals surface area contributed by atoms with Crippen molar-refractivity contribution in [2.75, 3.05) is 16.8 Å². The van der Waals surface area contributed by atoms with E-state index in [-0.39, 0.29) is 11.9 Å². The third-order valence-corrected chi connectivity index (χ3v) is 6.36. The zero-order valence-electron chi connectivity index (χ0n) is 17.7. The van der Waals surface area contributed by atoms with Crippen molar-refractivity contribution in [2.45, 2.75) is 12.6 Å². The molecule has 1 aromatic heterocycles. The predicted molar refractivity (Wildman–Crippen MR) is 125 cm³/mol. The van der Waals surface area contributed by atoms with Gasteiger partial charge in [0, 0.05) is 34.4 Å². The van der Waals surface area contributed by atoms with Gasteiger partial charge in [-0.2, -0.15) is 0 Å². The highest BCUT2D eigenvalue weighted by molar-refractivity contribution is 6.31. The third-order valence-electron chi connectivity index (χ3n) is 5.94. The lowest BCUT2D eigenvalue weighted by atomic mass is 9.93. The number of amides is 2. The number of hydrogen-bond acceptors (Lipinski definition) is 4. The van der Waals surface area contributed by atoms with Crippen LogP contribution in [0.2, 0.25) is 5.02 Å². The Morgan fingerprint density at radius 2 is 1.91 bits per heavy atom. The van der Waals surface area contributed by atoms with Gasteiger partial charge in [-0.1, -0.05) is 35.9 Å². The van der Waals surface area contributed by atoms with Crippen LogP contribution in [-0.2, 0) is 5.72 Å². The first kappa shape index (κ1) is 21.0. The van der Waals surface area contributed by atoms with Crippen molar-refractivity contribution in [1.29, 1.82) is 0 Å². The smallest absolute Gasteiger partial charge is 0.413 e. The highest BCUT2D eigenvalue weighted by Crippen LogP contribution is 2.45. The minimum Gasteiger partial charge on any atom is -0.465 e. The molecule has 1 unspecified atom stereocenters. The fraction of sp³-hybridized carbons (Fsp3) is 0.125. The predicted octanol–water partition coefficient (Wildman–Crippen LogP) is 4.49. The van der Waals surface area contributed by atoms with E-state index in [4.69, 9.17) is 11.6 Å². The zero-order chi connectivity index (χ0) is 23.5. The van der Waals surface area contributed by atoms with Crippen LogP contribution in [0.25, 0.3) is 11.0 Å². The van der Waals surface area contributed by atoms with E-state index in [0.29, 0.717) is 38.4 Å². The Morgan fingerprint density at radius 3 is 2.64 bits per heavy atom. The zero-order valence-corrected chi connectivity index (χ0v) is 18.5. The maximum absolute atomic E-state index is 13.5. The molecular formula is C24H19ClN4O4. The van der Waals surface area contributed by atoms with E-state index in [0.717, 1.165) is 10.5 Å². The van der Waals surface area contributed by atoms with Crippen molar-refractivity contribution >= 4 is 46.3 Å². The molecule has 1 atom stereocenters. The molecule has 4 aromatic rings. The quantitative estimate of drug-likeness (QED) is 0.415. The summed E-state index contributed by atoms with van der Waals surface area (Å²) in [4.78, 5) is 34.3. The molecule has 5 rings (SSSR count). The number of nitrogens with zero attached hydrogens (tertiary/aromatic N) is 3. The van der Waals surface area contributed by atoms with E-state index in [1.807, 2.05) is 6.92 Å². The number of rotatable bonds is 3. The third kappa shape index (κ3) is 3.06. The highest BCUT2D eigenvalue weighted by Gasteiger charge is 2.50. The number of carbonyl (C=O) groups is 2. The summed E-state index contributed by atoms with van der Waals surface area (Å²) in [5.74, 6) is -0.194. The van der Waals surface area contributed by atoms with Crippen molar-refractivity contribution in [1.82, 2.24) is 9.97 Å². The fourth-order valence-electron chi connectivity index (χ4n) is 4.18. The van der Waals surface area contributed by atoms with Crippen LogP contribution in [0.1, 0.15) is 27.0 Å². The van der Waals surface area contributed by atoms with Gasteiger partial charge in [-0.05, 0) is 48.9 Å². The van der Waals surface area contributed by atoms with Gasteiger partial charge in [0.2, 0.25) is 5.95 Å². The molecule has 0 saturated heterocycles. The van der Waals surface area contributed by atoms with Crippen molar-refractivity contribution in [3.63, 3.8) is 0 Å². The Balaban J connectivity index is 1.72. The molecule has 0 aliphatic carbocycles. The van der Waals surface area contributed by atoms with E-state index in [9.17, 15) is 19.8 Å². The molecule has 2 heterocycles. The van der Waals surface area contributed by atoms with Crippen LogP contribution in [-0.4, -0.2) is 39.2 Å². The minimum absolute atomic E-state index is 0.148. The van der Waals surface area contributed by atoms with Crippen molar-refractivity contribution in [3.05, 3.63) is 87.9 Å². The first-order valence-corrected chi connectivity index (χ1v) is 10.5. The van der Waals surface area contributed by atoms with Gasteiger partial charge < -0.3 is 15.2 Å². The molecule has 0 bridgehead atoms. The maximum atomic E-state index is 13.5. The highest BCUT2D eigenvalue weighted by atomic mass is 35.5. The van der Waals surface area contributed by atoms with Crippen LogP contribution in [0.3, 0.4) is 0 Å². The molecule has 33 heavy (non-hydrogen) atoms. The lowest BCUT2D eigenvalue weighted by Crippen LogP contribution is -2.45. The Bertz CT molecular complexity index is 1450. The van der Waals surface area contributed by atoms with Gasteiger partial charge in [0.15, 0.2) is 5.72 Å². The van der Waals surface area contributed by atoms with Gasteiger partial charge in [0.05, 0.1) is 11.0 Å². The molecule has 8 nitrogen and oxygen atoms in total. The monoisotopic (exact) mass is 462 g/mol. The number of aromatic nitrogens is 2. The van der Waals surface area contributed by atoms with E-state index in [2.05, 4.69) is 9.97 Å². The number of hydrogen-bond donors (Lipinski definition) is 3. The van der Waals surface area contributed by atoms with Gasteiger partial charge >= 0.3 is 6.09 Å². The Labute approximate surface area is 193 Å². The number of aliphatic hydroxyl groups is 1. The van der Waals surface area contributed by atoms with Gasteiger partial charge in [-0.3, -0.25) is 14.6 Å². The van der Waals surface area contributed by atoms with Crippen LogP contribution in [0, 0.1) is 6.92 Å². The molecule has 1 aliphatic rings. The first-order chi connectivity index (χ1) is 15.7. The normalized spacial score (nSPS) is 17.5. The fourth-order valence-corrected chi connectivity index (χ4v) is 4.30. The Hall–Kier alpha value is -3.88. The SMILES string of the molecule is Cc1cc(N2C(=O)c3ccccc3C2(O)c2ccc3nc(N(C)C(=O)O)[nH]c3c2)ccc1Cl. The summed E-state index contributed by atoms with van der Waals surface area (Å²) >= 11 is 6.19. The summed E-state index contributed by atoms with van der Waals surface area (Å²) in [5.41, 5.74) is 1.78. The standard InChI is InChI=1S/C24H19ClN4O4/c1-13-11-15(8-9-18(13)25)29-21(30)16-5-3-4-6-17(16)24(29,33)14-7-10-19-20(12-14)27-22(26-19)28(2)23(31)32/h3-12,33H,1-2H3,(H,26,27)(H,31,32). The van der Waals surface area contributed by atoms with E-state index in [1.54, 1.807) is 60.7 Å². The molecule has 3 aromatic carbocycles. The van der Waals surface area contributed by atoms with Gasteiger partial charge in [-0.25, -0.2) is 9.78 Å². The second-order valence-electron chi connectivity index (χ2n) is 7.93. The number of aromatic amines is 1.